The van der Waals surface area contributed by atoms with Gasteiger partial charge in [-0.25, -0.2) is 0 Å². The van der Waals surface area contributed by atoms with E-state index in [1.54, 1.807) is 11.3 Å². The first-order valence-electron chi connectivity index (χ1n) is 5.97. The van der Waals surface area contributed by atoms with Crippen LogP contribution in [0.4, 0.5) is 0 Å². The Labute approximate surface area is 132 Å². The van der Waals surface area contributed by atoms with Crippen molar-refractivity contribution < 1.29 is 4.79 Å². The molecular weight excluding hydrogens is 358 g/mol. The van der Waals surface area contributed by atoms with Gasteiger partial charge in [0.15, 0.2) is 5.78 Å². The summed E-state index contributed by atoms with van der Waals surface area (Å²) in [6.07, 6.45) is 3.34. The van der Waals surface area contributed by atoms with Crippen molar-refractivity contribution in [2.24, 2.45) is 5.41 Å². The van der Waals surface area contributed by atoms with E-state index in [1.807, 2.05) is 38.3 Å². The number of halogens is 1. The average molecular weight is 372 g/mol. The lowest BCUT2D eigenvalue weighted by atomic mass is 9.91. The van der Waals surface area contributed by atoms with Gasteiger partial charge in [-0.3, -0.25) is 9.59 Å². The smallest absolute Gasteiger partial charge is 0.266 e. The summed E-state index contributed by atoms with van der Waals surface area (Å²) in [6.45, 7) is 5.56. The fourth-order valence-electron chi connectivity index (χ4n) is 1.39. The van der Waals surface area contributed by atoms with Gasteiger partial charge in [0.25, 0.3) is 5.56 Å². The van der Waals surface area contributed by atoms with E-state index in [0.29, 0.717) is 9.20 Å². The number of aromatic amines is 1. The molecule has 3 nitrogen and oxygen atoms in total. The molecule has 0 spiro atoms. The maximum Gasteiger partial charge on any atom is 0.266 e. The zero-order valence-electron chi connectivity index (χ0n) is 11.3. The van der Waals surface area contributed by atoms with Gasteiger partial charge >= 0.3 is 0 Å². The third-order valence-electron chi connectivity index (χ3n) is 2.54. The molecule has 2 aromatic heterocycles. The second kappa shape index (κ2) is 5.79. The number of carbonyl (C=O) groups is 1. The lowest BCUT2D eigenvalue weighted by molar-refractivity contribution is -0.119. The minimum absolute atomic E-state index is 0.000387. The molecule has 0 aromatic carbocycles. The van der Waals surface area contributed by atoms with Crippen molar-refractivity contribution in [3.05, 3.63) is 40.3 Å². The van der Waals surface area contributed by atoms with Gasteiger partial charge in [-0.1, -0.05) is 20.8 Å². The van der Waals surface area contributed by atoms with Crippen LogP contribution in [-0.4, -0.2) is 10.8 Å². The molecule has 0 aliphatic rings. The SMILES string of the molecule is CC(C)(C)C(=O)C=c1[nH]c(=O)c(=Cc2cc(Br)cs2)s1. The van der Waals surface area contributed by atoms with Gasteiger partial charge in [-0.2, -0.15) is 0 Å². The van der Waals surface area contributed by atoms with Crippen LogP contribution in [0.25, 0.3) is 12.2 Å². The van der Waals surface area contributed by atoms with Crippen LogP contribution in [0.15, 0.2) is 20.7 Å². The maximum atomic E-state index is 11.9. The monoisotopic (exact) mass is 371 g/mol. The molecule has 106 valence electrons. The Hall–Kier alpha value is -0.980. The molecule has 0 unspecified atom stereocenters. The minimum Gasteiger partial charge on any atom is -0.313 e. The molecule has 2 rings (SSSR count). The molecule has 0 amide bonds. The van der Waals surface area contributed by atoms with Gasteiger partial charge in [0, 0.05) is 26.2 Å². The number of nitrogens with one attached hydrogen (secondary N) is 1. The number of thiazole rings is 1. The number of Topliss-reactive ketones (excluding diaryl/α,β-unsaturated/α-hetero) is 1. The van der Waals surface area contributed by atoms with Gasteiger partial charge in [-0.15, -0.1) is 22.7 Å². The van der Waals surface area contributed by atoms with E-state index in [0.717, 1.165) is 9.35 Å². The highest BCUT2D eigenvalue weighted by atomic mass is 79.9. The summed E-state index contributed by atoms with van der Waals surface area (Å²) in [4.78, 5) is 27.5. The zero-order chi connectivity index (χ0) is 14.9. The molecule has 2 aromatic rings. The lowest BCUT2D eigenvalue weighted by Crippen LogP contribution is -2.21. The van der Waals surface area contributed by atoms with E-state index in [2.05, 4.69) is 20.9 Å². The van der Waals surface area contributed by atoms with E-state index < -0.39 is 5.41 Å². The normalized spacial score (nSPS) is 14.0. The van der Waals surface area contributed by atoms with E-state index in [9.17, 15) is 9.59 Å². The second-order valence-corrected chi connectivity index (χ2v) is 8.30. The number of hydrogen-bond acceptors (Lipinski definition) is 4. The van der Waals surface area contributed by atoms with Gasteiger partial charge in [0.1, 0.15) is 0 Å². The summed E-state index contributed by atoms with van der Waals surface area (Å²) >= 11 is 6.24. The van der Waals surface area contributed by atoms with Crippen molar-refractivity contribution in [2.45, 2.75) is 20.8 Å². The first kappa shape index (κ1) is 15.4. The van der Waals surface area contributed by atoms with Crippen molar-refractivity contribution >= 4 is 56.5 Å². The summed E-state index contributed by atoms with van der Waals surface area (Å²) < 4.78 is 2.19. The van der Waals surface area contributed by atoms with Crippen molar-refractivity contribution in [3.8, 4) is 0 Å². The molecule has 0 aliphatic carbocycles. The molecule has 0 radical (unpaired) electrons. The molecule has 0 aliphatic heterocycles. The summed E-state index contributed by atoms with van der Waals surface area (Å²) in [7, 11) is 0. The van der Waals surface area contributed by atoms with Crippen LogP contribution in [-0.2, 0) is 4.79 Å². The van der Waals surface area contributed by atoms with Crippen LogP contribution in [0.1, 0.15) is 25.6 Å². The quantitative estimate of drug-likeness (QED) is 0.881. The lowest BCUT2D eigenvalue weighted by Gasteiger charge is -2.12. The van der Waals surface area contributed by atoms with E-state index in [4.69, 9.17) is 0 Å². The van der Waals surface area contributed by atoms with Gasteiger partial charge in [0.2, 0.25) is 0 Å². The van der Waals surface area contributed by atoms with Crippen LogP contribution in [0.5, 0.6) is 0 Å². The van der Waals surface area contributed by atoms with Crippen molar-refractivity contribution in [1.29, 1.82) is 0 Å². The Morgan fingerprint density at radius 3 is 2.65 bits per heavy atom. The predicted molar refractivity (Wildman–Crippen MR) is 88.7 cm³/mol. The Morgan fingerprint density at radius 2 is 2.10 bits per heavy atom. The highest BCUT2D eigenvalue weighted by Gasteiger charge is 2.18. The highest BCUT2D eigenvalue weighted by molar-refractivity contribution is 9.10. The standard InChI is InChI=1S/C14H14BrNO2S2/c1-14(2,3)11(17)6-12-16-13(18)10(20-12)5-9-4-8(15)7-19-9/h4-7H,1-3H3,(H,16,18). The summed E-state index contributed by atoms with van der Waals surface area (Å²) in [5.41, 5.74) is -0.601. The third kappa shape index (κ3) is 3.77. The first-order chi connectivity index (χ1) is 9.25. The topological polar surface area (TPSA) is 49.9 Å². The minimum atomic E-state index is -0.441. The fourth-order valence-corrected chi connectivity index (χ4v) is 3.72. The summed E-state index contributed by atoms with van der Waals surface area (Å²) in [5, 5.41) is 1.96. The number of thiophene rings is 1. The zero-order valence-corrected chi connectivity index (χ0v) is 14.5. The molecule has 1 N–H and O–H groups in total. The number of carbonyl (C=O) groups excluding carboxylic acids is 1. The molecule has 6 heteroatoms. The number of ketones is 1. The number of hydrogen-bond donors (Lipinski definition) is 1. The Morgan fingerprint density at radius 1 is 1.40 bits per heavy atom. The van der Waals surface area contributed by atoms with Crippen LogP contribution >= 0.6 is 38.6 Å². The van der Waals surface area contributed by atoms with Gasteiger partial charge in [0.05, 0.1) is 9.20 Å². The molecule has 0 atom stereocenters. The van der Waals surface area contributed by atoms with Crippen LogP contribution in [0.3, 0.4) is 0 Å². The molecule has 0 bridgehead atoms. The van der Waals surface area contributed by atoms with Crippen molar-refractivity contribution in [3.63, 3.8) is 0 Å². The molecule has 0 saturated heterocycles. The molecular formula is C14H14BrNO2S2. The van der Waals surface area contributed by atoms with Crippen LogP contribution in [0.2, 0.25) is 0 Å². The average Bonchev–Trinajstić information content (AvgIpc) is 2.86. The molecule has 20 heavy (non-hydrogen) atoms. The Kier molecular flexibility index (Phi) is 4.46. The largest absolute Gasteiger partial charge is 0.313 e. The number of aromatic nitrogens is 1. The van der Waals surface area contributed by atoms with Crippen LogP contribution in [0, 0.1) is 5.41 Å². The summed E-state index contributed by atoms with van der Waals surface area (Å²) in [6, 6.07) is 1.95. The highest BCUT2D eigenvalue weighted by Crippen LogP contribution is 2.19. The Balaban J connectivity index is 2.45. The summed E-state index contributed by atoms with van der Waals surface area (Å²) in [5.74, 6) is 0.000387. The molecule has 0 fully saturated rings. The van der Waals surface area contributed by atoms with Crippen molar-refractivity contribution in [2.75, 3.05) is 0 Å². The predicted octanol–water partition coefficient (Wildman–Crippen LogP) is 2.48. The number of H-pyrrole nitrogens is 1. The number of rotatable bonds is 2. The van der Waals surface area contributed by atoms with Crippen LogP contribution < -0.4 is 14.8 Å². The maximum absolute atomic E-state index is 11.9. The fraction of sp³-hybridized carbons (Fsp3) is 0.286. The molecule has 0 saturated carbocycles. The van der Waals surface area contributed by atoms with E-state index in [-0.39, 0.29) is 11.3 Å². The first-order valence-corrected chi connectivity index (χ1v) is 8.46. The Bertz CT molecular complexity index is 805. The van der Waals surface area contributed by atoms with Gasteiger partial charge < -0.3 is 4.98 Å². The molecule has 2 heterocycles. The van der Waals surface area contributed by atoms with Crippen molar-refractivity contribution in [1.82, 2.24) is 4.98 Å². The van der Waals surface area contributed by atoms with E-state index in [1.165, 1.54) is 17.4 Å². The van der Waals surface area contributed by atoms with Gasteiger partial charge in [-0.05, 0) is 28.1 Å². The van der Waals surface area contributed by atoms with E-state index >= 15 is 0 Å². The second-order valence-electron chi connectivity index (χ2n) is 5.35. The third-order valence-corrected chi connectivity index (χ3v) is 5.15.